The Hall–Kier alpha value is -0.550. The SMILES string of the molecule is CC.N#CCCNC1CCC1. The molecule has 0 heterocycles. The lowest BCUT2D eigenvalue weighted by Crippen LogP contribution is -2.35. The van der Waals surface area contributed by atoms with Crippen molar-refractivity contribution in [3.8, 4) is 6.07 Å². The second-order valence-corrected chi connectivity index (χ2v) is 2.49. The van der Waals surface area contributed by atoms with E-state index in [2.05, 4.69) is 11.4 Å². The minimum absolute atomic E-state index is 0.649. The lowest BCUT2D eigenvalue weighted by Gasteiger charge is -2.25. The van der Waals surface area contributed by atoms with E-state index in [1.54, 1.807) is 0 Å². The smallest absolute Gasteiger partial charge is 0.0635 e. The summed E-state index contributed by atoms with van der Waals surface area (Å²) in [5.74, 6) is 0. The minimum atomic E-state index is 0.649. The summed E-state index contributed by atoms with van der Waals surface area (Å²) in [5, 5.41) is 11.5. The first-order valence-corrected chi connectivity index (χ1v) is 4.54. The fourth-order valence-electron chi connectivity index (χ4n) is 0.945. The summed E-state index contributed by atoms with van der Waals surface area (Å²) < 4.78 is 0. The highest BCUT2D eigenvalue weighted by Crippen LogP contribution is 2.17. The monoisotopic (exact) mass is 154 g/mol. The molecule has 2 nitrogen and oxygen atoms in total. The maximum absolute atomic E-state index is 8.18. The Morgan fingerprint density at radius 3 is 2.45 bits per heavy atom. The third kappa shape index (κ3) is 4.80. The lowest BCUT2D eigenvalue weighted by atomic mass is 9.93. The molecule has 0 spiro atoms. The van der Waals surface area contributed by atoms with Crippen molar-refractivity contribution in [2.75, 3.05) is 6.54 Å². The van der Waals surface area contributed by atoms with Gasteiger partial charge >= 0.3 is 0 Å². The molecule has 0 radical (unpaired) electrons. The van der Waals surface area contributed by atoms with Crippen molar-refractivity contribution in [3.63, 3.8) is 0 Å². The van der Waals surface area contributed by atoms with Gasteiger partial charge in [0, 0.05) is 19.0 Å². The Morgan fingerprint density at radius 2 is 2.09 bits per heavy atom. The summed E-state index contributed by atoms with van der Waals surface area (Å²) in [7, 11) is 0. The highest BCUT2D eigenvalue weighted by Gasteiger charge is 2.15. The molecular formula is C9H18N2. The predicted octanol–water partition coefficient (Wildman–Crippen LogP) is 2.07. The van der Waals surface area contributed by atoms with Crippen LogP contribution in [0.4, 0.5) is 0 Å². The molecule has 0 aromatic carbocycles. The molecule has 0 saturated heterocycles. The van der Waals surface area contributed by atoms with Crippen molar-refractivity contribution in [2.45, 2.75) is 45.6 Å². The molecule has 1 saturated carbocycles. The van der Waals surface area contributed by atoms with Crippen molar-refractivity contribution in [2.24, 2.45) is 0 Å². The minimum Gasteiger partial charge on any atom is -0.313 e. The van der Waals surface area contributed by atoms with E-state index in [0.717, 1.165) is 12.6 Å². The van der Waals surface area contributed by atoms with Gasteiger partial charge in [0.2, 0.25) is 0 Å². The Bertz CT molecular complexity index is 111. The second-order valence-electron chi connectivity index (χ2n) is 2.49. The molecule has 1 N–H and O–H groups in total. The Balaban J connectivity index is 0.000000461. The van der Waals surface area contributed by atoms with Crippen molar-refractivity contribution in [1.82, 2.24) is 5.32 Å². The van der Waals surface area contributed by atoms with Gasteiger partial charge in [-0.1, -0.05) is 20.3 Å². The zero-order valence-electron chi connectivity index (χ0n) is 7.56. The average molecular weight is 154 g/mol. The fraction of sp³-hybridized carbons (Fsp3) is 0.889. The number of rotatable bonds is 3. The quantitative estimate of drug-likeness (QED) is 0.632. The van der Waals surface area contributed by atoms with Crippen molar-refractivity contribution < 1.29 is 0 Å². The summed E-state index contributed by atoms with van der Waals surface area (Å²) in [4.78, 5) is 0. The van der Waals surface area contributed by atoms with Crippen LogP contribution in [0.15, 0.2) is 0 Å². The molecule has 11 heavy (non-hydrogen) atoms. The largest absolute Gasteiger partial charge is 0.313 e. The van der Waals surface area contributed by atoms with Crippen LogP contribution < -0.4 is 5.32 Å². The van der Waals surface area contributed by atoms with Gasteiger partial charge in [-0.05, 0) is 12.8 Å². The van der Waals surface area contributed by atoms with E-state index >= 15 is 0 Å². The molecule has 1 aliphatic carbocycles. The van der Waals surface area contributed by atoms with Gasteiger partial charge < -0.3 is 5.32 Å². The molecule has 0 bridgehead atoms. The molecule has 1 aliphatic rings. The zero-order valence-corrected chi connectivity index (χ0v) is 7.56. The van der Waals surface area contributed by atoms with E-state index in [1.165, 1.54) is 19.3 Å². The van der Waals surface area contributed by atoms with Crippen LogP contribution in [0, 0.1) is 11.3 Å². The maximum Gasteiger partial charge on any atom is 0.0635 e. The van der Waals surface area contributed by atoms with E-state index < -0.39 is 0 Å². The van der Waals surface area contributed by atoms with Crippen LogP contribution in [-0.2, 0) is 0 Å². The van der Waals surface area contributed by atoms with Gasteiger partial charge in [0.15, 0.2) is 0 Å². The summed E-state index contributed by atoms with van der Waals surface area (Å²) in [6, 6.07) is 2.84. The molecule has 2 heteroatoms. The average Bonchev–Trinajstić information content (AvgIpc) is 1.99. The molecule has 1 fully saturated rings. The zero-order chi connectivity index (χ0) is 8.53. The Morgan fingerprint density at radius 1 is 1.45 bits per heavy atom. The number of hydrogen-bond donors (Lipinski definition) is 1. The van der Waals surface area contributed by atoms with Gasteiger partial charge in [-0.3, -0.25) is 0 Å². The first-order chi connectivity index (χ1) is 5.43. The van der Waals surface area contributed by atoms with Gasteiger partial charge in [-0.25, -0.2) is 0 Å². The summed E-state index contributed by atoms with van der Waals surface area (Å²) >= 11 is 0. The number of hydrogen-bond acceptors (Lipinski definition) is 2. The Labute approximate surface area is 69.6 Å². The standard InChI is InChI=1S/C7H12N2.C2H6/c8-5-2-6-9-7-3-1-4-7;1-2/h7,9H,1-4,6H2;1-2H3. The van der Waals surface area contributed by atoms with Gasteiger partial charge in [0.1, 0.15) is 0 Å². The van der Waals surface area contributed by atoms with Gasteiger partial charge in [-0.15, -0.1) is 0 Å². The van der Waals surface area contributed by atoms with E-state index in [0.29, 0.717) is 6.42 Å². The summed E-state index contributed by atoms with van der Waals surface area (Å²) in [5.41, 5.74) is 0. The van der Waals surface area contributed by atoms with E-state index in [1.807, 2.05) is 13.8 Å². The molecule has 0 amide bonds. The first-order valence-electron chi connectivity index (χ1n) is 4.54. The molecule has 0 aromatic heterocycles. The molecule has 0 aromatic rings. The first kappa shape index (κ1) is 10.4. The van der Waals surface area contributed by atoms with Gasteiger partial charge in [-0.2, -0.15) is 5.26 Å². The molecule has 0 unspecified atom stereocenters. The van der Waals surface area contributed by atoms with E-state index in [4.69, 9.17) is 5.26 Å². The van der Waals surface area contributed by atoms with E-state index in [9.17, 15) is 0 Å². The van der Waals surface area contributed by atoms with Crippen LogP contribution in [0.5, 0.6) is 0 Å². The molecule has 64 valence electrons. The second kappa shape index (κ2) is 7.56. The van der Waals surface area contributed by atoms with Crippen LogP contribution in [0.3, 0.4) is 0 Å². The van der Waals surface area contributed by atoms with Crippen molar-refractivity contribution in [3.05, 3.63) is 0 Å². The van der Waals surface area contributed by atoms with Crippen molar-refractivity contribution >= 4 is 0 Å². The highest BCUT2D eigenvalue weighted by molar-refractivity contribution is 4.78. The number of nitrogens with zero attached hydrogens (tertiary/aromatic N) is 1. The number of nitriles is 1. The van der Waals surface area contributed by atoms with Crippen LogP contribution in [0.2, 0.25) is 0 Å². The topological polar surface area (TPSA) is 35.8 Å². The van der Waals surface area contributed by atoms with Crippen LogP contribution in [-0.4, -0.2) is 12.6 Å². The fourth-order valence-corrected chi connectivity index (χ4v) is 0.945. The van der Waals surface area contributed by atoms with Gasteiger partial charge in [0.05, 0.1) is 6.07 Å². The lowest BCUT2D eigenvalue weighted by molar-refractivity contribution is 0.343. The summed E-state index contributed by atoms with van der Waals surface area (Å²) in [6.07, 6.45) is 4.64. The van der Waals surface area contributed by atoms with Crippen LogP contribution in [0.1, 0.15) is 39.5 Å². The summed E-state index contributed by atoms with van der Waals surface area (Å²) in [6.45, 7) is 4.88. The van der Waals surface area contributed by atoms with Crippen LogP contribution in [0.25, 0.3) is 0 Å². The van der Waals surface area contributed by atoms with Crippen molar-refractivity contribution in [1.29, 1.82) is 5.26 Å². The van der Waals surface area contributed by atoms with E-state index in [-0.39, 0.29) is 0 Å². The maximum atomic E-state index is 8.18. The predicted molar refractivity (Wildman–Crippen MR) is 47.2 cm³/mol. The molecule has 0 atom stereocenters. The third-order valence-electron chi connectivity index (χ3n) is 1.77. The van der Waals surface area contributed by atoms with Crippen LogP contribution >= 0.6 is 0 Å². The molecular weight excluding hydrogens is 136 g/mol. The third-order valence-corrected chi connectivity index (χ3v) is 1.77. The number of nitrogens with one attached hydrogen (secondary N) is 1. The molecule has 0 aliphatic heterocycles. The Kier molecular flexibility index (Phi) is 7.18. The normalized spacial score (nSPS) is 15.7. The van der Waals surface area contributed by atoms with Gasteiger partial charge in [0.25, 0.3) is 0 Å². The molecule has 1 rings (SSSR count). The highest BCUT2D eigenvalue weighted by atomic mass is 14.9.